The van der Waals surface area contributed by atoms with Crippen molar-refractivity contribution in [1.29, 1.82) is 0 Å². The number of hydrogen-bond donors (Lipinski definition) is 0. The van der Waals surface area contributed by atoms with E-state index >= 15 is 0 Å². The fourth-order valence-electron chi connectivity index (χ4n) is 2.58. The molecule has 0 aliphatic carbocycles. The summed E-state index contributed by atoms with van der Waals surface area (Å²) in [5, 5.41) is 0. The summed E-state index contributed by atoms with van der Waals surface area (Å²) >= 11 is 0. The lowest BCUT2D eigenvalue weighted by molar-refractivity contribution is -0.119. The summed E-state index contributed by atoms with van der Waals surface area (Å²) < 4.78 is 10.9. The van der Waals surface area contributed by atoms with Gasteiger partial charge in [0.2, 0.25) is 6.41 Å². The summed E-state index contributed by atoms with van der Waals surface area (Å²) in [6.07, 6.45) is 2.83. The van der Waals surface area contributed by atoms with Crippen molar-refractivity contribution in [1.82, 2.24) is 4.90 Å². The minimum absolute atomic E-state index is 0.396. The third-order valence-corrected chi connectivity index (χ3v) is 3.55. The largest absolute Gasteiger partial charge is 0.496 e. The monoisotopic (exact) mass is 249 g/mol. The van der Waals surface area contributed by atoms with Crippen LogP contribution in [0.3, 0.4) is 0 Å². The van der Waals surface area contributed by atoms with Crippen LogP contribution in [0.15, 0.2) is 18.2 Å². The predicted octanol–water partition coefficient (Wildman–Crippen LogP) is 2.04. The first-order valence-corrected chi connectivity index (χ1v) is 6.20. The van der Waals surface area contributed by atoms with Crippen LogP contribution in [0.25, 0.3) is 0 Å². The Hall–Kier alpha value is -1.71. The first-order chi connectivity index (χ1) is 8.80. The number of benzene rings is 1. The Bertz CT molecular complexity index is 389. The first kappa shape index (κ1) is 12.7. The summed E-state index contributed by atoms with van der Waals surface area (Å²) in [5.74, 6) is 2.14. The van der Waals surface area contributed by atoms with Crippen LogP contribution in [0.2, 0.25) is 0 Å². The molecule has 0 unspecified atom stereocenters. The Morgan fingerprint density at radius 3 is 2.17 bits per heavy atom. The zero-order valence-electron chi connectivity index (χ0n) is 10.9. The van der Waals surface area contributed by atoms with Gasteiger partial charge in [-0.1, -0.05) is 6.07 Å². The van der Waals surface area contributed by atoms with Crippen molar-refractivity contribution < 1.29 is 14.3 Å². The third kappa shape index (κ3) is 2.42. The lowest BCUT2D eigenvalue weighted by Crippen LogP contribution is -2.31. The fourth-order valence-corrected chi connectivity index (χ4v) is 2.58. The van der Waals surface area contributed by atoms with Crippen molar-refractivity contribution in [3.63, 3.8) is 0 Å². The number of carbonyl (C=O) groups excluding carboxylic acids is 1. The molecule has 0 saturated carbocycles. The molecule has 1 aliphatic heterocycles. The number of hydrogen-bond acceptors (Lipinski definition) is 3. The van der Waals surface area contributed by atoms with E-state index in [1.807, 2.05) is 23.1 Å². The number of amides is 1. The smallest absolute Gasteiger partial charge is 0.209 e. The standard InChI is InChI=1S/C14H19NO3/c1-17-12-4-3-5-13(18-2)14(12)11-6-8-15(10-16)9-7-11/h3-5,10-11H,6-9H2,1-2H3. The minimum atomic E-state index is 0.396. The molecule has 4 heteroatoms. The number of likely N-dealkylation sites (tertiary alicyclic amines) is 1. The third-order valence-electron chi connectivity index (χ3n) is 3.55. The van der Waals surface area contributed by atoms with E-state index in [1.165, 1.54) is 0 Å². The van der Waals surface area contributed by atoms with E-state index in [-0.39, 0.29) is 0 Å². The van der Waals surface area contributed by atoms with Crippen molar-refractivity contribution in [2.75, 3.05) is 27.3 Å². The van der Waals surface area contributed by atoms with Crippen molar-refractivity contribution in [2.24, 2.45) is 0 Å². The van der Waals surface area contributed by atoms with E-state index in [0.717, 1.165) is 49.4 Å². The summed E-state index contributed by atoms with van der Waals surface area (Å²) in [6, 6.07) is 5.86. The molecule has 0 radical (unpaired) electrons. The van der Waals surface area contributed by atoms with Crippen molar-refractivity contribution in [2.45, 2.75) is 18.8 Å². The van der Waals surface area contributed by atoms with Crippen LogP contribution >= 0.6 is 0 Å². The summed E-state index contributed by atoms with van der Waals surface area (Å²) in [6.45, 7) is 1.60. The second-order valence-corrected chi connectivity index (χ2v) is 4.49. The average molecular weight is 249 g/mol. The van der Waals surface area contributed by atoms with Gasteiger partial charge >= 0.3 is 0 Å². The van der Waals surface area contributed by atoms with Gasteiger partial charge in [0, 0.05) is 18.7 Å². The number of nitrogens with zero attached hydrogens (tertiary/aromatic N) is 1. The molecule has 98 valence electrons. The van der Waals surface area contributed by atoms with Gasteiger partial charge < -0.3 is 14.4 Å². The molecular formula is C14H19NO3. The number of piperidine rings is 1. The molecule has 0 bridgehead atoms. The molecule has 18 heavy (non-hydrogen) atoms. The molecule has 1 amide bonds. The quantitative estimate of drug-likeness (QED) is 0.766. The highest BCUT2D eigenvalue weighted by Crippen LogP contribution is 2.40. The second-order valence-electron chi connectivity index (χ2n) is 4.49. The highest BCUT2D eigenvalue weighted by molar-refractivity contribution is 5.49. The number of rotatable bonds is 4. The highest BCUT2D eigenvalue weighted by atomic mass is 16.5. The van der Waals surface area contributed by atoms with Crippen LogP contribution < -0.4 is 9.47 Å². The van der Waals surface area contributed by atoms with Gasteiger partial charge in [-0.05, 0) is 30.9 Å². The summed E-state index contributed by atoms with van der Waals surface area (Å²) in [7, 11) is 3.36. The van der Waals surface area contributed by atoms with Gasteiger partial charge in [-0.2, -0.15) is 0 Å². The van der Waals surface area contributed by atoms with Gasteiger partial charge in [0.1, 0.15) is 11.5 Å². The Balaban J connectivity index is 2.24. The molecule has 1 fully saturated rings. The van der Waals surface area contributed by atoms with Crippen LogP contribution in [-0.2, 0) is 4.79 Å². The zero-order valence-corrected chi connectivity index (χ0v) is 10.9. The highest BCUT2D eigenvalue weighted by Gasteiger charge is 2.25. The molecule has 0 aromatic heterocycles. The Morgan fingerprint density at radius 1 is 1.17 bits per heavy atom. The molecule has 1 aliphatic rings. The van der Waals surface area contributed by atoms with E-state index in [9.17, 15) is 4.79 Å². The van der Waals surface area contributed by atoms with Gasteiger partial charge in [0.05, 0.1) is 14.2 Å². The van der Waals surface area contributed by atoms with Crippen molar-refractivity contribution in [3.05, 3.63) is 23.8 Å². The molecule has 0 spiro atoms. The number of methoxy groups -OCH3 is 2. The van der Waals surface area contributed by atoms with Gasteiger partial charge in [-0.3, -0.25) is 4.79 Å². The number of carbonyl (C=O) groups is 1. The molecule has 0 atom stereocenters. The topological polar surface area (TPSA) is 38.8 Å². The molecule has 2 rings (SSSR count). The maximum atomic E-state index is 10.7. The first-order valence-electron chi connectivity index (χ1n) is 6.20. The number of ether oxygens (including phenoxy) is 2. The Labute approximate surface area is 107 Å². The molecule has 0 N–H and O–H groups in total. The molecule has 1 aromatic carbocycles. The molecule has 1 heterocycles. The van der Waals surface area contributed by atoms with Crippen LogP contribution in [0.1, 0.15) is 24.3 Å². The molecule has 1 saturated heterocycles. The fraction of sp³-hybridized carbons (Fsp3) is 0.500. The molecule has 1 aromatic rings. The van der Waals surface area contributed by atoms with E-state index in [1.54, 1.807) is 14.2 Å². The predicted molar refractivity (Wildman–Crippen MR) is 69.2 cm³/mol. The second kappa shape index (κ2) is 5.76. The van der Waals surface area contributed by atoms with Crippen LogP contribution in [0, 0.1) is 0 Å². The van der Waals surface area contributed by atoms with Gasteiger partial charge in [-0.15, -0.1) is 0 Å². The van der Waals surface area contributed by atoms with Gasteiger partial charge in [0.15, 0.2) is 0 Å². The maximum absolute atomic E-state index is 10.7. The lowest BCUT2D eigenvalue weighted by atomic mass is 9.88. The normalized spacial score (nSPS) is 16.4. The van der Waals surface area contributed by atoms with Crippen molar-refractivity contribution >= 4 is 6.41 Å². The van der Waals surface area contributed by atoms with Crippen LogP contribution in [0.4, 0.5) is 0 Å². The Kier molecular flexibility index (Phi) is 4.07. The van der Waals surface area contributed by atoms with Crippen LogP contribution in [0.5, 0.6) is 11.5 Å². The Morgan fingerprint density at radius 2 is 1.72 bits per heavy atom. The maximum Gasteiger partial charge on any atom is 0.209 e. The van der Waals surface area contributed by atoms with Crippen molar-refractivity contribution in [3.8, 4) is 11.5 Å². The van der Waals surface area contributed by atoms with E-state index in [0.29, 0.717) is 5.92 Å². The van der Waals surface area contributed by atoms with Crippen LogP contribution in [-0.4, -0.2) is 38.6 Å². The SMILES string of the molecule is COc1cccc(OC)c1C1CCN(C=O)CC1. The molecule has 4 nitrogen and oxygen atoms in total. The lowest BCUT2D eigenvalue weighted by Gasteiger charge is -2.30. The van der Waals surface area contributed by atoms with E-state index in [2.05, 4.69) is 0 Å². The zero-order chi connectivity index (χ0) is 13.0. The summed E-state index contributed by atoms with van der Waals surface area (Å²) in [4.78, 5) is 12.5. The average Bonchev–Trinajstić information content (AvgIpc) is 2.46. The van der Waals surface area contributed by atoms with E-state index < -0.39 is 0 Å². The van der Waals surface area contributed by atoms with Gasteiger partial charge in [-0.25, -0.2) is 0 Å². The summed E-state index contributed by atoms with van der Waals surface area (Å²) in [5.41, 5.74) is 1.13. The molecular weight excluding hydrogens is 230 g/mol. The van der Waals surface area contributed by atoms with Gasteiger partial charge in [0.25, 0.3) is 0 Å². The van der Waals surface area contributed by atoms with E-state index in [4.69, 9.17) is 9.47 Å². The minimum Gasteiger partial charge on any atom is -0.496 e.